The molecule has 2 rings (SSSR count). The Labute approximate surface area is 112 Å². The molecule has 1 aromatic rings. The first-order valence-electron chi connectivity index (χ1n) is 6.44. The Morgan fingerprint density at radius 3 is 3.00 bits per heavy atom. The van der Waals surface area contributed by atoms with Gasteiger partial charge in [0.05, 0.1) is 0 Å². The van der Waals surface area contributed by atoms with Crippen LogP contribution in [0, 0.1) is 6.92 Å². The molecule has 0 radical (unpaired) electrons. The van der Waals surface area contributed by atoms with E-state index in [1.807, 2.05) is 19.9 Å². The highest BCUT2D eigenvalue weighted by molar-refractivity contribution is 5.96. The number of nitrogens with one attached hydrogen (secondary N) is 1. The molecule has 1 aliphatic rings. The van der Waals surface area contributed by atoms with Crippen LogP contribution in [-0.2, 0) is 9.59 Å². The van der Waals surface area contributed by atoms with E-state index in [0.717, 1.165) is 5.76 Å². The van der Waals surface area contributed by atoms with Gasteiger partial charge in [-0.05, 0) is 31.6 Å². The molecule has 0 spiro atoms. The maximum Gasteiger partial charge on any atom is 0.247 e. The lowest BCUT2D eigenvalue weighted by atomic mass is 10.1. The summed E-state index contributed by atoms with van der Waals surface area (Å²) in [6, 6.07) is 3.27. The molecule has 102 valence electrons. The summed E-state index contributed by atoms with van der Waals surface area (Å²) in [4.78, 5) is 25.4. The van der Waals surface area contributed by atoms with Gasteiger partial charge in [-0.3, -0.25) is 9.59 Å². The van der Waals surface area contributed by atoms with Crippen LogP contribution in [0.1, 0.15) is 24.9 Å². The van der Waals surface area contributed by atoms with E-state index in [1.165, 1.54) is 6.08 Å². The minimum Gasteiger partial charge on any atom is -0.462 e. The topological polar surface area (TPSA) is 62.6 Å². The summed E-state index contributed by atoms with van der Waals surface area (Å²) in [5.74, 6) is 1.20. The zero-order valence-corrected chi connectivity index (χ0v) is 11.2. The van der Waals surface area contributed by atoms with E-state index in [2.05, 4.69) is 5.32 Å². The van der Waals surface area contributed by atoms with Crippen LogP contribution in [-0.4, -0.2) is 35.8 Å². The number of amides is 2. The number of aryl methyl sites for hydroxylation is 1. The van der Waals surface area contributed by atoms with Crippen molar-refractivity contribution >= 4 is 17.9 Å². The normalized spacial score (nSPS) is 19.8. The molecule has 5 heteroatoms. The van der Waals surface area contributed by atoms with Gasteiger partial charge in [0.15, 0.2) is 0 Å². The molecule has 1 fully saturated rings. The standard InChI is InChI=1S/C14H18N2O3/c1-3-12-14(18)15-8-9-16(12)13(17)7-6-11-5-4-10(2)19-11/h4-7,12H,3,8-9H2,1-2H3,(H,15,18)/b7-6+. The van der Waals surface area contributed by atoms with Crippen LogP contribution in [0.25, 0.3) is 6.08 Å². The van der Waals surface area contributed by atoms with Crippen molar-refractivity contribution in [1.82, 2.24) is 10.2 Å². The van der Waals surface area contributed by atoms with Crippen molar-refractivity contribution in [1.29, 1.82) is 0 Å². The van der Waals surface area contributed by atoms with Crippen LogP contribution in [0.15, 0.2) is 22.6 Å². The summed E-state index contributed by atoms with van der Waals surface area (Å²) >= 11 is 0. The van der Waals surface area contributed by atoms with Crippen LogP contribution < -0.4 is 5.32 Å². The molecule has 2 amide bonds. The van der Waals surface area contributed by atoms with Crippen molar-refractivity contribution in [3.63, 3.8) is 0 Å². The smallest absolute Gasteiger partial charge is 0.247 e. The zero-order valence-electron chi connectivity index (χ0n) is 11.2. The molecule has 1 aromatic heterocycles. The number of hydrogen-bond acceptors (Lipinski definition) is 3. The van der Waals surface area contributed by atoms with Gasteiger partial charge < -0.3 is 14.6 Å². The molecule has 0 aromatic carbocycles. The lowest BCUT2D eigenvalue weighted by Crippen LogP contribution is -2.56. The number of nitrogens with zero attached hydrogens (tertiary/aromatic N) is 1. The molecule has 1 atom stereocenters. The van der Waals surface area contributed by atoms with Crippen LogP contribution >= 0.6 is 0 Å². The highest BCUT2D eigenvalue weighted by Gasteiger charge is 2.30. The fraction of sp³-hybridized carbons (Fsp3) is 0.429. The average Bonchev–Trinajstić information content (AvgIpc) is 2.81. The largest absolute Gasteiger partial charge is 0.462 e. The van der Waals surface area contributed by atoms with Gasteiger partial charge in [0, 0.05) is 19.2 Å². The van der Waals surface area contributed by atoms with Crippen molar-refractivity contribution in [2.24, 2.45) is 0 Å². The van der Waals surface area contributed by atoms with Crippen molar-refractivity contribution in [2.45, 2.75) is 26.3 Å². The molecular weight excluding hydrogens is 244 g/mol. The van der Waals surface area contributed by atoms with Gasteiger partial charge in [-0.2, -0.15) is 0 Å². The molecule has 0 saturated carbocycles. The van der Waals surface area contributed by atoms with Crippen LogP contribution in [0.5, 0.6) is 0 Å². The van der Waals surface area contributed by atoms with Gasteiger partial charge in [0.1, 0.15) is 17.6 Å². The maximum absolute atomic E-state index is 12.1. The van der Waals surface area contributed by atoms with Gasteiger partial charge in [0.25, 0.3) is 0 Å². The number of hydrogen-bond donors (Lipinski definition) is 1. The third-order valence-electron chi connectivity index (χ3n) is 3.15. The molecule has 0 bridgehead atoms. The van der Waals surface area contributed by atoms with Gasteiger partial charge in [-0.15, -0.1) is 0 Å². The van der Waals surface area contributed by atoms with E-state index in [9.17, 15) is 9.59 Å². The highest BCUT2D eigenvalue weighted by atomic mass is 16.3. The van der Waals surface area contributed by atoms with Crippen molar-refractivity contribution in [3.8, 4) is 0 Å². The Hall–Kier alpha value is -2.04. The number of furan rings is 1. The monoisotopic (exact) mass is 262 g/mol. The third kappa shape index (κ3) is 3.05. The molecule has 1 aliphatic heterocycles. The minimum atomic E-state index is -0.371. The lowest BCUT2D eigenvalue weighted by molar-refractivity contribution is -0.140. The minimum absolute atomic E-state index is 0.0793. The summed E-state index contributed by atoms with van der Waals surface area (Å²) in [7, 11) is 0. The fourth-order valence-corrected chi connectivity index (χ4v) is 2.18. The van der Waals surface area contributed by atoms with Gasteiger partial charge in [-0.25, -0.2) is 0 Å². The first-order chi connectivity index (χ1) is 9.11. The van der Waals surface area contributed by atoms with E-state index in [4.69, 9.17) is 4.42 Å². The van der Waals surface area contributed by atoms with E-state index in [-0.39, 0.29) is 17.9 Å². The van der Waals surface area contributed by atoms with Gasteiger partial charge in [0.2, 0.25) is 11.8 Å². The molecule has 1 N–H and O–H groups in total. The van der Waals surface area contributed by atoms with Gasteiger partial charge >= 0.3 is 0 Å². The quantitative estimate of drug-likeness (QED) is 0.836. The fourth-order valence-electron chi connectivity index (χ4n) is 2.18. The predicted molar refractivity (Wildman–Crippen MR) is 71.3 cm³/mol. The Morgan fingerprint density at radius 2 is 2.37 bits per heavy atom. The van der Waals surface area contributed by atoms with Crippen LogP contribution in [0.3, 0.4) is 0 Å². The highest BCUT2D eigenvalue weighted by Crippen LogP contribution is 2.12. The number of rotatable bonds is 3. The Balaban J connectivity index is 2.06. The van der Waals surface area contributed by atoms with Crippen LogP contribution in [0.2, 0.25) is 0 Å². The summed E-state index contributed by atoms with van der Waals surface area (Å²) in [6.45, 7) is 4.80. The lowest BCUT2D eigenvalue weighted by Gasteiger charge is -2.33. The summed E-state index contributed by atoms with van der Waals surface area (Å²) < 4.78 is 5.36. The Morgan fingerprint density at radius 1 is 1.58 bits per heavy atom. The predicted octanol–water partition coefficient (Wildman–Crippen LogP) is 1.34. The first-order valence-corrected chi connectivity index (χ1v) is 6.44. The van der Waals surface area contributed by atoms with Crippen LogP contribution in [0.4, 0.5) is 0 Å². The molecule has 5 nitrogen and oxygen atoms in total. The second-order valence-corrected chi connectivity index (χ2v) is 4.53. The molecule has 2 heterocycles. The third-order valence-corrected chi connectivity index (χ3v) is 3.15. The van der Waals surface area contributed by atoms with E-state index in [0.29, 0.717) is 25.3 Å². The van der Waals surface area contributed by atoms with E-state index < -0.39 is 0 Å². The summed E-state index contributed by atoms with van der Waals surface area (Å²) in [5.41, 5.74) is 0. The molecular formula is C14H18N2O3. The summed E-state index contributed by atoms with van der Waals surface area (Å²) in [6.07, 6.45) is 3.71. The second-order valence-electron chi connectivity index (χ2n) is 4.53. The Bertz CT molecular complexity index is 505. The molecule has 1 unspecified atom stereocenters. The van der Waals surface area contributed by atoms with Crippen molar-refractivity contribution in [2.75, 3.05) is 13.1 Å². The number of carbonyl (C=O) groups is 2. The Kier molecular flexibility index (Phi) is 4.04. The summed E-state index contributed by atoms with van der Waals surface area (Å²) in [5, 5.41) is 2.77. The number of piperazine rings is 1. The first kappa shape index (κ1) is 13.4. The molecule has 19 heavy (non-hydrogen) atoms. The van der Waals surface area contributed by atoms with E-state index in [1.54, 1.807) is 17.0 Å². The average molecular weight is 262 g/mol. The zero-order chi connectivity index (χ0) is 13.8. The van der Waals surface area contributed by atoms with Crippen molar-refractivity contribution in [3.05, 3.63) is 29.7 Å². The molecule has 0 aliphatic carbocycles. The van der Waals surface area contributed by atoms with Crippen molar-refractivity contribution < 1.29 is 14.0 Å². The SMILES string of the molecule is CCC1C(=O)NCCN1C(=O)/C=C/c1ccc(C)o1. The number of carbonyl (C=O) groups excluding carboxylic acids is 2. The molecule has 1 saturated heterocycles. The van der Waals surface area contributed by atoms with Gasteiger partial charge in [-0.1, -0.05) is 6.92 Å². The second kappa shape index (κ2) is 5.73. The van der Waals surface area contributed by atoms with E-state index >= 15 is 0 Å². The maximum atomic E-state index is 12.1.